The molecule has 4 heteroatoms. The highest BCUT2D eigenvalue weighted by atomic mass is 16.5. The lowest BCUT2D eigenvalue weighted by molar-refractivity contribution is 0.283. The van der Waals surface area contributed by atoms with E-state index in [1.54, 1.807) is 0 Å². The van der Waals surface area contributed by atoms with E-state index in [4.69, 9.17) is 10.6 Å². The summed E-state index contributed by atoms with van der Waals surface area (Å²) in [7, 11) is 0. The van der Waals surface area contributed by atoms with Crippen LogP contribution in [0.5, 0.6) is 5.75 Å². The number of aromatic nitrogens is 1. The third kappa shape index (κ3) is 2.64. The molecule has 0 aliphatic carbocycles. The van der Waals surface area contributed by atoms with Crippen molar-refractivity contribution in [1.82, 2.24) is 10.4 Å². The fourth-order valence-corrected chi connectivity index (χ4v) is 2.97. The molecule has 110 valence electrons. The summed E-state index contributed by atoms with van der Waals surface area (Å²) in [5, 5.41) is 0. The van der Waals surface area contributed by atoms with E-state index >= 15 is 0 Å². The number of hydrogen-bond donors (Lipinski definition) is 2. The molecule has 0 radical (unpaired) electrons. The average Bonchev–Trinajstić information content (AvgIpc) is 2.56. The van der Waals surface area contributed by atoms with Gasteiger partial charge in [-0.05, 0) is 36.5 Å². The van der Waals surface area contributed by atoms with Crippen molar-refractivity contribution in [3.8, 4) is 5.75 Å². The molecule has 1 aliphatic rings. The molecule has 0 bridgehead atoms. The summed E-state index contributed by atoms with van der Waals surface area (Å²) in [4.78, 5) is 4.55. The van der Waals surface area contributed by atoms with Gasteiger partial charge in [0.1, 0.15) is 5.75 Å². The smallest absolute Gasteiger partial charge is 0.127 e. The van der Waals surface area contributed by atoms with Crippen LogP contribution in [0.2, 0.25) is 0 Å². The Morgan fingerprint density at radius 3 is 3.05 bits per heavy atom. The molecule has 0 fully saturated rings. The van der Waals surface area contributed by atoms with Crippen LogP contribution in [0.15, 0.2) is 36.5 Å². The lowest BCUT2D eigenvalue weighted by atomic mass is 9.94. The molecule has 1 atom stereocenters. The predicted molar refractivity (Wildman–Crippen MR) is 83.0 cm³/mol. The number of benzene rings is 1. The van der Waals surface area contributed by atoms with Crippen LogP contribution in [-0.4, -0.2) is 11.6 Å². The Morgan fingerprint density at radius 1 is 1.33 bits per heavy atom. The first-order valence-electron chi connectivity index (χ1n) is 7.49. The zero-order valence-electron chi connectivity index (χ0n) is 12.3. The number of hydrogen-bond acceptors (Lipinski definition) is 4. The van der Waals surface area contributed by atoms with Crippen LogP contribution in [-0.2, 0) is 12.8 Å². The van der Waals surface area contributed by atoms with Crippen molar-refractivity contribution in [3.05, 3.63) is 58.9 Å². The van der Waals surface area contributed by atoms with E-state index in [-0.39, 0.29) is 6.04 Å². The highest BCUT2D eigenvalue weighted by Gasteiger charge is 2.23. The van der Waals surface area contributed by atoms with Crippen LogP contribution < -0.4 is 16.0 Å². The van der Waals surface area contributed by atoms with Gasteiger partial charge in [-0.3, -0.25) is 10.8 Å². The van der Waals surface area contributed by atoms with Crippen molar-refractivity contribution < 1.29 is 4.74 Å². The molecule has 4 nitrogen and oxygen atoms in total. The number of nitrogens with two attached hydrogens (primary N) is 1. The van der Waals surface area contributed by atoms with E-state index in [0.29, 0.717) is 0 Å². The Kier molecular flexibility index (Phi) is 4.18. The molecule has 0 saturated heterocycles. The number of hydrazine groups is 1. The molecule has 3 rings (SSSR count). The van der Waals surface area contributed by atoms with Gasteiger partial charge in [0, 0.05) is 11.8 Å². The number of rotatable bonds is 4. The second-order valence-corrected chi connectivity index (χ2v) is 5.29. The van der Waals surface area contributed by atoms with Crippen LogP contribution in [0.3, 0.4) is 0 Å². The summed E-state index contributed by atoms with van der Waals surface area (Å²) < 4.78 is 5.91. The fraction of sp³-hybridized carbons (Fsp3) is 0.353. The summed E-state index contributed by atoms with van der Waals surface area (Å²) in [6.45, 7) is 2.90. The van der Waals surface area contributed by atoms with Gasteiger partial charge in [0.05, 0.1) is 18.3 Å². The maximum absolute atomic E-state index is 5.91. The second-order valence-electron chi connectivity index (χ2n) is 5.29. The van der Waals surface area contributed by atoms with Crippen molar-refractivity contribution in [2.45, 2.75) is 32.2 Å². The third-order valence-corrected chi connectivity index (χ3v) is 4.02. The van der Waals surface area contributed by atoms with Crippen LogP contribution in [0.4, 0.5) is 0 Å². The van der Waals surface area contributed by atoms with Crippen molar-refractivity contribution in [3.63, 3.8) is 0 Å². The van der Waals surface area contributed by atoms with E-state index in [9.17, 15) is 0 Å². The third-order valence-electron chi connectivity index (χ3n) is 4.02. The van der Waals surface area contributed by atoms with E-state index in [0.717, 1.165) is 42.9 Å². The Morgan fingerprint density at radius 2 is 2.24 bits per heavy atom. The first-order chi connectivity index (χ1) is 10.3. The molecule has 1 aromatic carbocycles. The zero-order chi connectivity index (χ0) is 14.7. The number of aryl methyl sites for hydroxylation is 2. The van der Waals surface area contributed by atoms with Crippen LogP contribution in [0.25, 0.3) is 0 Å². The Hall–Kier alpha value is -1.91. The molecular formula is C17H21N3O. The minimum absolute atomic E-state index is 0.144. The molecule has 21 heavy (non-hydrogen) atoms. The first kappa shape index (κ1) is 14.0. The number of nitrogens with zero attached hydrogens (tertiary/aromatic N) is 1. The van der Waals surface area contributed by atoms with Gasteiger partial charge < -0.3 is 4.74 Å². The Bertz CT molecular complexity index is 627. The van der Waals surface area contributed by atoms with Crippen molar-refractivity contribution in [2.75, 3.05) is 6.61 Å². The Labute approximate surface area is 125 Å². The van der Waals surface area contributed by atoms with E-state index in [2.05, 4.69) is 41.6 Å². The van der Waals surface area contributed by atoms with Crippen LogP contribution in [0.1, 0.15) is 41.8 Å². The van der Waals surface area contributed by atoms with Gasteiger partial charge in [0.2, 0.25) is 0 Å². The number of para-hydroxylation sites is 1. The molecule has 1 aliphatic heterocycles. The molecule has 2 heterocycles. The summed E-state index contributed by atoms with van der Waals surface area (Å²) in [5.41, 5.74) is 7.43. The molecule has 2 aromatic rings. The highest BCUT2D eigenvalue weighted by molar-refractivity contribution is 5.47. The van der Waals surface area contributed by atoms with E-state index in [1.807, 2.05) is 12.3 Å². The fourth-order valence-electron chi connectivity index (χ4n) is 2.97. The summed E-state index contributed by atoms with van der Waals surface area (Å²) in [5.74, 6) is 6.82. The van der Waals surface area contributed by atoms with Gasteiger partial charge >= 0.3 is 0 Å². The number of fused-ring (bicyclic) bond motifs is 1. The van der Waals surface area contributed by atoms with Gasteiger partial charge in [-0.25, -0.2) is 5.43 Å². The number of nitrogens with one attached hydrogen (secondary N) is 1. The maximum Gasteiger partial charge on any atom is 0.127 e. The van der Waals surface area contributed by atoms with Crippen molar-refractivity contribution >= 4 is 0 Å². The topological polar surface area (TPSA) is 60.2 Å². The first-order valence-corrected chi connectivity index (χ1v) is 7.49. The number of ether oxygens (including phenoxy) is 1. The largest absolute Gasteiger partial charge is 0.493 e. The molecule has 1 aromatic heterocycles. The molecule has 0 saturated carbocycles. The summed E-state index contributed by atoms with van der Waals surface area (Å²) >= 11 is 0. The summed E-state index contributed by atoms with van der Waals surface area (Å²) in [6.07, 6.45) is 4.87. The monoisotopic (exact) mass is 283 g/mol. The van der Waals surface area contributed by atoms with Gasteiger partial charge in [-0.2, -0.15) is 0 Å². The maximum atomic E-state index is 5.91. The molecular weight excluding hydrogens is 262 g/mol. The van der Waals surface area contributed by atoms with Crippen molar-refractivity contribution in [2.24, 2.45) is 5.84 Å². The normalized spacial score (nSPS) is 15.1. The number of pyridine rings is 1. The van der Waals surface area contributed by atoms with Gasteiger partial charge in [-0.15, -0.1) is 0 Å². The predicted octanol–water partition coefficient (Wildman–Crippen LogP) is 2.52. The van der Waals surface area contributed by atoms with E-state index < -0.39 is 0 Å². The Balaban J connectivity index is 2.08. The lowest BCUT2D eigenvalue weighted by Gasteiger charge is -2.25. The minimum Gasteiger partial charge on any atom is -0.493 e. The van der Waals surface area contributed by atoms with Gasteiger partial charge in [0.25, 0.3) is 0 Å². The average molecular weight is 283 g/mol. The second kappa shape index (κ2) is 6.24. The SMILES string of the molecule is CCc1cccnc1C(NN)c1cccc2c1OCCC2. The lowest BCUT2D eigenvalue weighted by Crippen LogP contribution is -2.31. The molecule has 0 amide bonds. The molecule has 1 unspecified atom stereocenters. The van der Waals surface area contributed by atoms with Crippen LogP contribution >= 0.6 is 0 Å². The standard InChI is InChI=1S/C17H21N3O/c1-2-12-7-4-10-19-15(12)16(20-18)14-9-3-6-13-8-5-11-21-17(13)14/h3-4,6-7,9-10,16,20H,2,5,8,11,18H2,1H3. The summed E-state index contributed by atoms with van der Waals surface area (Å²) in [6, 6.07) is 10.2. The van der Waals surface area contributed by atoms with E-state index in [1.165, 1.54) is 11.1 Å². The molecule has 3 N–H and O–H groups in total. The van der Waals surface area contributed by atoms with Crippen molar-refractivity contribution in [1.29, 1.82) is 0 Å². The molecule has 0 spiro atoms. The zero-order valence-corrected chi connectivity index (χ0v) is 12.3. The highest BCUT2D eigenvalue weighted by Crippen LogP contribution is 2.35. The van der Waals surface area contributed by atoms with Gasteiger partial charge in [-0.1, -0.05) is 31.2 Å². The van der Waals surface area contributed by atoms with Crippen LogP contribution in [0, 0.1) is 0 Å². The van der Waals surface area contributed by atoms with Gasteiger partial charge in [0.15, 0.2) is 0 Å². The minimum atomic E-state index is -0.144. The quantitative estimate of drug-likeness (QED) is 0.668.